The Hall–Kier alpha value is -1.88. The first-order chi connectivity index (χ1) is 8.57. The number of carboxylic acids is 1. The van der Waals surface area contributed by atoms with Crippen molar-refractivity contribution in [1.29, 1.82) is 0 Å². The Kier molecular flexibility index (Phi) is 3.34. The van der Waals surface area contributed by atoms with Gasteiger partial charge < -0.3 is 14.8 Å². The summed E-state index contributed by atoms with van der Waals surface area (Å²) in [6.07, 6.45) is 2.22. The number of hydrogen-bond donors (Lipinski definition) is 2. The number of aromatic carboxylic acids is 1. The van der Waals surface area contributed by atoms with Gasteiger partial charge in [-0.05, 0) is 32.4 Å². The van der Waals surface area contributed by atoms with Crippen LogP contribution in [0.2, 0.25) is 0 Å². The molecule has 0 aromatic carbocycles. The van der Waals surface area contributed by atoms with E-state index in [2.05, 4.69) is 4.98 Å². The van der Waals surface area contributed by atoms with Crippen molar-refractivity contribution < 1.29 is 15.0 Å². The number of aliphatic hydroxyl groups is 1. The number of hydrogen-bond acceptors (Lipinski definition) is 3. The third-order valence-corrected chi connectivity index (χ3v) is 3.21. The molecule has 0 saturated carbocycles. The van der Waals surface area contributed by atoms with Crippen molar-refractivity contribution in [2.45, 2.75) is 26.3 Å². The van der Waals surface area contributed by atoms with E-state index in [1.165, 1.54) is 0 Å². The Balaban J connectivity index is 2.73. The van der Waals surface area contributed by atoms with Crippen molar-refractivity contribution in [2.24, 2.45) is 0 Å². The molecule has 0 spiro atoms. The Morgan fingerprint density at radius 1 is 1.56 bits per heavy atom. The molecule has 2 N–H and O–H groups in total. The minimum atomic E-state index is -0.944. The summed E-state index contributed by atoms with van der Waals surface area (Å²) in [6.45, 7) is 3.79. The second-order valence-corrected chi connectivity index (χ2v) is 4.37. The third kappa shape index (κ3) is 1.86. The third-order valence-electron chi connectivity index (χ3n) is 3.21. The van der Waals surface area contributed by atoms with Crippen LogP contribution in [0.5, 0.6) is 0 Å². The molecule has 5 nitrogen and oxygen atoms in total. The van der Waals surface area contributed by atoms with Crippen LogP contribution in [-0.2, 0) is 0 Å². The lowest BCUT2D eigenvalue weighted by Gasteiger charge is -2.15. The molecule has 0 radical (unpaired) electrons. The number of rotatable bonds is 4. The summed E-state index contributed by atoms with van der Waals surface area (Å²) >= 11 is 0. The Bertz CT molecular complexity index is 589. The first-order valence-electron chi connectivity index (χ1n) is 5.87. The smallest absolute Gasteiger partial charge is 0.338 e. The highest BCUT2D eigenvalue weighted by Crippen LogP contribution is 2.28. The average molecular weight is 248 g/mol. The normalized spacial score (nSPS) is 12.8. The van der Waals surface area contributed by atoms with E-state index in [-0.39, 0.29) is 12.6 Å². The van der Waals surface area contributed by atoms with Crippen LogP contribution in [0.1, 0.15) is 35.4 Å². The van der Waals surface area contributed by atoms with Gasteiger partial charge in [-0.25, -0.2) is 9.78 Å². The molecule has 0 fully saturated rings. The predicted octanol–water partition coefficient (Wildman–Crippen LogP) is 1.99. The number of fused-ring (bicyclic) bond motifs is 1. The number of aliphatic hydroxyl groups excluding tert-OH is 1. The van der Waals surface area contributed by atoms with Gasteiger partial charge in [-0.3, -0.25) is 0 Å². The second-order valence-electron chi connectivity index (χ2n) is 4.37. The molecule has 2 aromatic heterocycles. The summed E-state index contributed by atoms with van der Waals surface area (Å²) in [5.41, 5.74) is 1.63. The molecule has 0 aliphatic rings. The van der Waals surface area contributed by atoms with Crippen LogP contribution in [0.15, 0.2) is 18.3 Å². The van der Waals surface area contributed by atoms with E-state index < -0.39 is 5.97 Å². The highest BCUT2D eigenvalue weighted by molar-refractivity contribution is 6.04. The maximum absolute atomic E-state index is 11.3. The fourth-order valence-electron chi connectivity index (χ4n) is 2.38. The molecule has 5 heteroatoms. The standard InChI is InChI=1S/C13H16N2O3/c1-8(5-7-16)15-9(2)11(13(17)18)10-4-3-6-14-12(10)15/h3-4,6,8,16H,5,7H2,1-2H3,(H,17,18). The number of pyridine rings is 1. The first-order valence-corrected chi connectivity index (χ1v) is 5.87. The summed E-state index contributed by atoms with van der Waals surface area (Å²) < 4.78 is 1.88. The second kappa shape index (κ2) is 4.78. The molecule has 96 valence electrons. The number of carboxylic acid groups (broad SMARTS) is 1. The average Bonchev–Trinajstić information content (AvgIpc) is 2.61. The fraction of sp³-hybridized carbons (Fsp3) is 0.385. The van der Waals surface area contributed by atoms with Crippen molar-refractivity contribution in [3.05, 3.63) is 29.6 Å². The molecule has 2 heterocycles. The molecular formula is C13H16N2O3. The Morgan fingerprint density at radius 3 is 2.89 bits per heavy atom. The molecule has 0 aliphatic heterocycles. The maximum Gasteiger partial charge on any atom is 0.338 e. The number of nitrogens with zero attached hydrogens (tertiary/aromatic N) is 2. The van der Waals surface area contributed by atoms with Crippen LogP contribution in [0.25, 0.3) is 11.0 Å². The van der Waals surface area contributed by atoms with Gasteiger partial charge in [-0.15, -0.1) is 0 Å². The molecule has 2 aromatic rings. The zero-order valence-electron chi connectivity index (χ0n) is 10.4. The van der Waals surface area contributed by atoms with Crippen LogP contribution in [0, 0.1) is 6.92 Å². The minimum Gasteiger partial charge on any atom is -0.478 e. The molecule has 2 rings (SSSR count). The van der Waals surface area contributed by atoms with Crippen LogP contribution >= 0.6 is 0 Å². The zero-order chi connectivity index (χ0) is 13.3. The van der Waals surface area contributed by atoms with Crippen molar-refractivity contribution in [2.75, 3.05) is 6.61 Å². The summed E-state index contributed by atoms with van der Waals surface area (Å²) in [5, 5.41) is 19.0. The van der Waals surface area contributed by atoms with Gasteiger partial charge in [0.05, 0.1) is 5.56 Å². The molecule has 18 heavy (non-hydrogen) atoms. The van der Waals surface area contributed by atoms with E-state index in [1.54, 1.807) is 25.3 Å². The predicted molar refractivity (Wildman–Crippen MR) is 67.8 cm³/mol. The fourth-order valence-corrected chi connectivity index (χ4v) is 2.38. The molecule has 0 saturated heterocycles. The van der Waals surface area contributed by atoms with E-state index in [1.807, 2.05) is 11.5 Å². The van der Waals surface area contributed by atoms with Crippen molar-refractivity contribution in [1.82, 2.24) is 9.55 Å². The molecule has 0 bridgehead atoms. The molecule has 0 amide bonds. The van der Waals surface area contributed by atoms with Crippen LogP contribution in [-0.4, -0.2) is 32.3 Å². The van der Waals surface area contributed by atoms with Crippen LogP contribution in [0.4, 0.5) is 0 Å². The van der Waals surface area contributed by atoms with Gasteiger partial charge in [0.1, 0.15) is 5.65 Å². The van der Waals surface area contributed by atoms with Gasteiger partial charge in [0.25, 0.3) is 0 Å². The van der Waals surface area contributed by atoms with Gasteiger partial charge in [0.2, 0.25) is 0 Å². The SMILES string of the molecule is Cc1c(C(=O)O)c2cccnc2n1C(C)CCO. The lowest BCUT2D eigenvalue weighted by atomic mass is 10.2. The summed E-state index contributed by atoms with van der Waals surface area (Å²) in [5.74, 6) is -0.944. The van der Waals surface area contributed by atoms with E-state index in [9.17, 15) is 9.90 Å². The van der Waals surface area contributed by atoms with Crippen LogP contribution < -0.4 is 0 Å². The quantitative estimate of drug-likeness (QED) is 0.867. The first kappa shape index (κ1) is 12.6. The largest absolute Gasteiger partial charge is 0.478 e. The lowest BCUT2D eigenvalue weighted by Crippen LogP contribution is -2.10. The maximum atomic E-state index is 11.3. The van der Waals surface area contributed by atoms with Crippen LogP contribution in [0.3, 0.4) is 0 Å². The summed E-state index contributed by atoms with van der Waals surface area (Å²) in [4.78, 5) is 15.6. The Morgan fingerprint density at radius 2 is 2.28 bits per heavy atom. The Labute approximate surface area is 105 Å². The van der Waals surface area contributed by atoms with Crippen molar-refractivity contribution in [3.63, 3.8) is 0 Å². The van der Waals surface area contributed by atoms with Crippen molar-refractivity contribution in [3.8, 4) is 0 Å². The van der Waals surface area contributed by atoms with E-state index in [0.29, 0.717) is 28.7 Å². The summed E-state index contributed by atoms with van der Waals surface area (Å²) in [6, 6.07) is 3.51. The number of carbonyl (C=O) groups is 1. The summed E-state index contributed by atoms with van der Waals surface area (Å²) in [7, 11) is 0. The monoisotopic (exact) mass is 248 g/mol. The van der Waals surface area contributed by atoms with Gasteiger partial charge in [0.15, 0.2) is 0 Å². The highest BCUT2D eigenvalue weighted by atomic mass is 16.4. The highest BCUT2D eigenvalue weighted by Gasteiger charge is 2.22. The van der Waals surface area contributed by atoms with Crippen molar-refractivity contribution >= 4 is 17.0 Å². The van der Waals surface area contributed by atoms with E-state index in [4.69, 9.17) is 5.11 Å². The molecule has 0 aliphatic carbocycles. The van der Waals surface area contributed by atoms with Gasteiger partial charge in [0, 0.05) is 29.9 Å². The molecule has 1 atom stereocenters. The topological polar surface area (TPSA) is 75.3 Å². The molecular weight excluding hydrogens is 232 g/mol. The van der Waals surface area contributed by atoms with Gasteiger partial charge in [-0.1, -0.05) is 0 Å². The van der Waals surface area contributed by atoms with Gasteiger partial charge >= 0.3 is 5.97 Å². The van der Waals surface area contributed by atoms with Gasteiger partial charge in [-0.2, -0.15) is 0 Å². The lowest BCUT2D eigenvalue weighted by molar-refractivity contribution is 0.0698. The van der Waals surface area contributed by atoms with E-state index in [0.717, 1.165) is 0 Å². The minimum absolute atomic E-state index is 0.0144. The number of aromatic nitrogens is 2. The molecule has 1 unspecified atom stereocenters. The van der Waals surface area contributed by atoms with E-state index >= 15 is 0 Å². The zero-order valence-corrected chi connectivity index (χ0v) is 10.4.